The zero-order valence-corrected chi connectivity index (χ0v) is 61.1. The van der Waals surface area contributed by atoms with Crippen LogP contribution in [0.15, 0.2) is 301 Å². The number of aryl methyl sites for hydroxylation is 2. The molecule has 0 bridgehead atoms. The summed E-state index contributed by atoms with van der Waals surface area (Å²) in [7, 11) is -12.0. The average Bonchev–Trinajstić information content (AvgIpc) is 0.717. The molecule has 12 rings (SSSR count). The largest absolute Gasteiger partial charge is 4.00 e. The van der Waals surface area contributed by atoms with E-state index in [-0.39, 0.29) is 72.5 Å². The van der Waals surface area contributed by atoms with Gasteiger partial charge >= 0.3 is 60.7 Å². The van der Waals surface area contributed by atoms with E-state index in [2.05, 4.69) is 9.44 Å². The van der Waals surface area contributed by atoms with E-state index in [0.29, 0.717) is 43.6 Å². The Morgan fingerprint density at radius 3 is 0.862 bits per heavy atom. The van der Waals surface area contributed by atoms with E-state index in [4.69, 9.17) is 19.4 Å². The number of hydrogen-bond donors (Lipinski definition) is 2. The minimum absolute atomic E-state index is 0. The van der Waals surface area contributed by atoms with Crippen LogP contribution in [0.25, 0.3) is 32.7 Å². The zero-order valence-electron chi connectivity index (χ0n) is 50.2. The van der Waals surface area contributed by atoms with Crippen LogP contribution in [0.1, 0.15) is 34.3 Å². The van der Waals surface area contributed by atoms with Gasteiger partial charge in [0.15, 0.2) is 0 Å². The van der Waals surface area contributed by atoms with Crippen molar-refractivity contribution in [2.45, 2.75) is 35.7 Å². The molecule has 0 spiro atoms. The van der Waals surface area contributed by atoms with Gasteiger partial charge in [-0.3, -0.25) is 0 Å². The Labute approximate surface area is 585 Å². The summed E-state index contributed by atoms with van der Waals surface area (Å²) in [6.45, 7) is 3.75. The molecule has 12 nitrogen and oxygen atoms in total. The molecule has 0 amide bonds. The summed E-state index contributed by atoms with van der Waals surface area (Å²) < 4.78 is 85.8. The summed E-state index contributed by atoms with van der Waals surface area (Å²) in [5, 5.41) is 5.89. The maximum atomic E-state index is 13.4. The Kier molecular flexibility index (Phi) is 25.1. The van der Waals surface area contributed by atoms with Crippen LogP contribution in [0.4, 0.5) is 0 Å². The van der Waals surface area contributed by atoms with Gasteiger partial charge < -0.3 is 28.7 Å². The molecule has 474 valence electrons. The van der Waals surface area contributed by atoms with Crippen molar-refractivity contribution in [1.29, 1.82) is 0 Å². The molecule has 12 aromatic carbocycles. The average molecular weight is 1560 g/mol. The number of rotatable bonds is 18. The summed E-state index contributed by atoms with van der Waals surface area (Å²) >= 11 is -0.346. The molecule has 2 atom stereocenters. The standard InChI is InChI=1S/C44H34O6P4.C28H28N2O4S2.2ClH.Ru.Zr/c45-53(46,47)41-29-39(51(31-17-5-1-6-18-31)32-19-7-2-8-20-32)43(37-27-15-13-25-35(37)41)44-38-28-16-14-26-36(38)42(54(48,49)50)30-40(44)52(33-21-9-3-10-22-33)34-23-11-4-12-24-34;1-21-13-17-25(18-14-21)35(31,32)29-27(23-9-5-3-6-10-23)28(24-11-7-4-8-12-24)30-36(33,34)26-19-15-22(2)16-20-26;;;;/h1-30H,(H2,45,46,47)(H2,48,49,50);3-20,27-30H,1-2H3;2*1H;;/q;;;;+2;+4/p-6/t;27-,28-;;;;/m.1..../s1. The van der Waals surface area contributed by atoms with E-state index in [1.807, 2.05) is 172 Å². The van der Waals surface area contributed by atoms with E-state index in [9.17, 15) is 45.5 Å². The first-order valence-electron chi connectivity index (χ1n) is 28.8. The predicted molar refractivity (Wildman–Crippen MR) is 372 cm³/mol. The van der Waals surface area contributed by atoms with Crippen LogP contribution < -0.4 is 71.5 Å². The van der Waals surface area contributed by atoms with Gasteiger partial charge in [0.25, 0.3) is 0 Å². The second-order valence-corrected chi connectivity index (χ2v) is 34.8. The van der Waals surface area contributed by atoms with Crippen LogP contribution in [0.2, 0.25) is 0 Å². The quantitative estimate of drug-likeness (QED) is 0.0611. The fourth-order valence-electron chi connectivity index (χ4n) is 11.1. The molecular formula is C72H58Cl2N2O10P4RuS2Zr. The predicted octanol–water partition coefficient (Wildman–Crippen LogP) is 10.7. The second kappa shape index (κ2) is 32.5. The van der Waals surface area contributed by atoms with Crippen molar-refractivity contribution in [2.24, 2.45) is 0 Å². The number of nitrogens with one attached hydrogen (secondary N) is 2. The van der Waals surface area contributed by atoms with Crippen LogP contribution in [0.3, 0.4) is 0 Å². The van der Waals surface area contributed by atoms with Crippen LogP contribution >= 0.6 is 50.4 Å². The Morgan fingerprint density at radius 2 is 0.606 bits per heavy atom. The van der Waals surface area contributed by atoms with Crippen molar-refractivity contribution in [3.05, 3.63) is 313 Å². The Hall–Kier alpha value is -5.77. The van der Waals surface area contributed by atoms with Gasteiger partial charge in [0.2, 0.25) is 20.0 Å². The van der Waals surface area contributed by atoms with Crippen molar-refractivity contribution in [2.75, 3.05) is 0 Å². The molecular weight excluding hydrogens is 1500 g/mol. The SMILES string of the molecule is Cc1ccc(S(=O)(=O)N[C@H](c2ccccc2)[C@H](NS(=O)(=O)c2ccc(C)cc2)c2ccccc2)cc1.O=P([O-])([O-])c1cc(P(c2ccccc2)c2ccccc2)c(-c2c(P(c3ccccc3)c3ccccc3)cc(P(=O)([O-])[O-])c3ccccc23)c2ccccc12.[Cl][Ru][Cl].[Zr+4]. The summed E-state index contributed by atoms with van der Waals surface area (Å²) in [6, 6.07) is 85.2. The topological polar surface area (TPSA) is 219 Å². The number of hydrogen-bond acceptors (Lipinski definition) is 10. The molecule has 0 aromatic heterocycles. The van der Waals surface area contributed by atoms with Crippen LogP contribution in [-0.2, 0) is 70.5 Å². The van der Waals surface area contributed by atoms with E-state index >= 15 is 0 Å². The smallest absolute Gasteiger partial charge is 4.00 e. The van der Waals surface area contributed by atoms with Crippen molar-refractivity contribution in [3.8, 4) is 11.1 Å². The van der Waals surface area contributed by atoms with Gasteiger partial charge in [-0.05, 0) is 168 Å². The van der Waals surface area contributed by atoms with Crippen molar-refractivity contribution < 1.29 is 86.9 Å². The second-order valence-electron chi connectivity index (χ2n) is 21.4. The minimum atomic E-state index is -5.33. The maximum Gasteiger partial charge on any atom is 4.00 e. The molecule has 0 aliphatic rings. The fraction of sp³-hybridized carbons (Fsp3) is 0.0556. The van der Waals surface area contributed by atoms with Crippen LogP contribution in [-0.4, -0.2) is 16.8 Å². The molecule has 0 radical (unpaired) electrons. The van der Waals surface area contributed by atoms with Gasteiger partial charge in [-0.2, -0.15) is 0 Å². The molecule has 0 aliphatic heterocycles. The normalized spacial score (nSPS) is 12.5. The Bertz CT molecular complexity index is 4490. The van der Waals surface area contributed by atoms with Gasteiger partial charge in [0.05, 0.1) is 21.9 Å². The van der Waals surface area contributed by atoms with Crippen LogP contribution in [0, 0.1) is 13.8 Å². The molecule has 0 saturated carbocycles. The molecule has 12 aromatic rings. The summed E-state index contributed by atoms with van der Waals surface area (Å²) in [6.07, 6.45) is 0. The maximum absolute atomic E-state index is 13.4. The van der Waals surface area contributed by atoms with Crippen LogP contribution in [0.5, 0.6) is 0 Å². The van der Waals surface area contributed by atoms with Crippen molar-refractivity contribution in [1.82, 2.24) is 9.44 Å². The van der Waals surface area contributed by atoms with E-state index < -0.39 is 63.2 Å². The monoisotopic (exact) mass is 1560 g/mol. The third kappa shape index (κ3) is 17.3. The molecule has 0 unspecified atom stereocenters. The molecule has 0 aliphatic carbocycles. The third-order valence-corrected chi connectivity index (χ3v) is 25.0. The van der Waals surface area contributed by atoms with E-state index in [1.54, 1.807) is 97.1 Å². The fourth-order valence-corrected chi connectivity index (χ4v) is 20.3. The van der Waals surface area contributed by atoms with E-state index in [1.165, 1.54) is 36.4 Å². The first-order chi connectivity index (χ1) is 44.7. The Balaban J connectivity index is 0.000000226. The number of fused-ring (bicyclic) bond motifs is 2. The first kappa shape index (κ1) is 72.5. The molecule has 0 fully saturated rings. The molecule has 94 heavy (non-hydrogen) atoms. The van der Waals surface area contributed by atoms with Gasteiger partial charge in [-0.25, -0.2) is 26.3 Å². The summed E-state index contributed by atoms with van der Waals surface area (Å²) in [5.41, 5.74) is 4.45. The summed E-state index contributed by atoms with van der Waals surface area (Å²) in [5.74, 6) is 0. The number of sulfonamides is 2. The van der Waals surface area contributed by atoms with Crippen molar-refractivity contribution >= 4 is 134 Å². The van der Waals surface area contributed by atoms with Gasteiger partial charge in [-0.15, -0.1) is 0 Å². The number of halogens is 2. The molecule has 2 N–H and O–H groups in total. The van der Waals surface area contributed by atoms with E-state index in [0.717, 1.165) is 32.3 Å². The third-order valence-electron chi connectivity index (χ3n) is 15.3. The molecule has 0 saturated heterocycles. The summed E-state index contributed by atoms with van der Waals surface area (Å²) in [4.78, 5) is 53.1. The number of benzene rings is 12. The molecule has 0 heterocycles. The van der Waals surface area contributed by atoms with Gasteiger partial charge in [0.1, 0.15) is 0 Å². The van der Waals surface area contributed by atoms with Crippen molar-refractivity contribution in [3.63, 3.8) is 0 Å². The van der Waals surface area contributed by atoms with Gasteiger partial charge in [0, 0.05) is 0 Å². The molecule has 22 heteroatoms. The van der Waals surface area contributed by atoms with Gasteiger partial charge in [-0.1, -0.05) is 266 Å². The minimum Gasteiger partial charge on any atom is 4.00 e. The zero-order chi connectivity index (χ0) is 65.9. The Morgan fingerprint density at radius 1 is 0.372 bits per heavy atom. The first-order valence-corrected chi connectivity index (χ1v) is 42.0.